The van der Waals surface area contributed by atoms with Gasteiger partial charge in [-0.1, -0.05) is 50.1 Å². The van der Waals surface area contributed by atoms with Crippen molar-refractivity contribution in [2.45, 2.75) is 26.8 Å². The molecule has 2 rings (SSSR count). The molecule has 0 fully saturated rings. The van der Waals surface area contributed by atoms with E-state index in [9.17, 15) is 0 Å². The normalized spacial score (nSPS) is 12.5. The van der Waals surface area contributed by atoms with Gasteiger partial charge in [0.05, 0.1) is 6.04 Å². The minimum atomic E-state index is -0.118. The third kappa shape index (κ3) is 2.93. The van der Waals surface area contributed by atoms with Crippen molar-refractivity contribution in [1.29, 1.82) is 0 Å². The smallest absolute Gasteiger partial charge is 0.0568 e. The van der Waals surface area contributed by atoms with Gasteiger partial charge in [-0.05, 0) is 60.7 Å². The number of halogens is 2. The molecular weight excluding hydrogens is 366 g/mol. The number of rotatable bonds is 2. The molecule has 0 heterocycles. The zero-order chi connectivity index (χ0) is 14.2. The van der Waals surface area contributed by atoms with Gasteiger partial charge in [0.2, 0.25) is 0 Å². The molecule has 1 unspecified atom stereocenters. The lowest BCUT2D eigenvalue weighted by Gasteiger charge is -2.20. The van der Waals surface area contributed by atoms with E-state index in [0.717, 1.165) is 14.5 Å². The lowest BCUT2D eigenvalue weighted by molar-refractivity contribution is 0.845. The van der Waals surface area contributed by atoms with Gasteiger partial charge in [0.15, 0.2) is 0 Å². The Balaban J connectivity index is 2.56. The van der Waals surface area contributed by atoms with Gasteiger partial charge < -0.3 is 5.73 Å². The fourth-order valence-electron chi connectivity index (χ4n) is 2.37. The van der Waals surface area contributed by atoms with Crippen LogP contribution in [-0.2, 0) is 0 Å². The second-order valence-corrected chi connectivity index (χ2v) is 6.61. The van der Waals surface area contributed by atoms with E-state index in [1.54, 1.807) is 0 Å². The van der Waals surface area contributed by atoms with Gasteiger partial charge in [-0.15, -0.1) is 0 Å². The summed E-state index contributed by atoms with van der Waals surface area (Å²) in [7, 11) is 0. The standard InChI is InChI=1S/C16H17Br2N/c1-9-5-4-6-10(2)15(9)16(19)12-8-13(17)11(3)7-14(12)18/h4-8,16H,19H2,1-3H3. The molecule has 0 aliphatic rings. The first-order valence-electron chi connectivity index (χ1n) is 6.19. The van der Waals surface area contributed by atoms with Crippen LogP contribution in [0.3, 0.4) is 0 Å². The lowest BCUT2D eigenvalue weighted by Crippen LogP contribution is -2.15. The van der Waals surface area contributed by atoms with E-state index in [0.29, 0.717) is 0 Å². The molecule has 3 heteroatoms. The van der Waals surface area contributed by atoms with E-state index in [-0.39, 0.29) is 6.04 Å². The van der Waals surface area contributed by atoms with Crippen LogP contribution < -0.4 is 5.73 Å². The van der Waals surface area contributed by atoms with Crippen LogP contribution in [0.5, 0.6) is 0 Å². The largest absolute Gasteiger partial charge is 0.320 e. The number of nitrogens with two attached hydrogens (primary N) is 1. The van der Waals surface area contributed by atoms with Gasteiger partial charge in [-0.2, -0.15) is 0 Å². The molecule has 0 amide bonds. The summed E-state index contributed by atoms with van der Waals surface area (Å²) in [6, 6.07) is 10.4. The Morgan fingerprint density at radius 1 is 0.895 bits per heavy atom. The van der Waals surface area contributed by atoms with Crippen molar-refractivity contribution in [3.8, 4) is 0 Å². The Hall–Kier alpha value is -0.640. The summed E-state index contributed by atoms with van der Waals surface area (Å²) in [5, 5.41) is 0. The van der Waals surface area contributed by atoms with Crippen LogP contribution in [0.25, 0.3) is 0 Å². The zero-order valence-corrected chi connectivity index (χ0v) is 14.5. The maximum Gasteiger partial charge on any atom is 0.0568 e. The molecule has 0 bridgehead atoms. The lowest BCUT2D eigenvalue weighted by atomic mass is 9.91. The third-order valence-corrected chi connectivity index (χ3v) is 5.01. The van der Waals surface area contributed by atoms with Crippen LogP contribution in [0, 0.1) is 20.8 Å². The molecule has 0 saturated heterocycles. The molecule has 1 nitrogen and oxygen atoms in total. The molecule has 1 atom stereocenters. The number of hydrogen-bond acceptors (Lipinski definition) is 1. The summed E-state index contributed by atoms with van der Waals surface area (Å²) in [5.74, 6) is 0. The fourth-order valence-corrected chi connectivity index (χ4v) is 3.44. The van der Waals surface area contributed by atoms with E-state index < -0.39 is 0 Å². The highest BCUT2D eigenvalue weighted by molar-refractivity contribution is 9.11. The van der Waals surface area contributed by atoms with Crippen molar-refractivity contribution in [3.05, 3.63) is 67.1 Å². The highest BCUT2D eigenvalue weighted by atomic mass is 79.9. The highest BCUT2D eigenvalue weighted by Crippen LogP contribution is 2.33. The summed E-state index contributed by atoms with van der Waals surface area (Å²) in [6.45, 7) is 6.29. The Labute approximate surface area is 131 Å². The van der Waals surface area contributed by atoms with Crippen molar-refractivity contribution < 1.29 is 0 Å². The molecule has 19 heavy (non-hydrogen) atoms. The predicted octanol–water partition coefficient (Wildman–Crippen LogP) is 5.18. The molecule has 0 aliphatic heterocycles. The number of hydrogen-bond donors (Lipinski definition) is 1. The van der Waals surface area contributed by atoms with Crippen molar-refractivity contribution >= 4 is 31.9 Å². The molecule has 2 aromatic rings. The molecule has 0 radical (unpaired) electrons. The first kappa shape index (κ1) is 14.8. The van der Waals surface area contributed by atoms with Gasteiger partial charge in [0, 0.05) is 8.95 Å². The Kier molecular flexibility index (Phi) is 4.49. The molecule has 2 aromatic carbocycles. The summed E-state index contributed by atoms with van der Waals surface area (Å²) < 4.78 is 2.15. The quantitative estimate of drug-likeness (QED) is 0.760. The van der Waals surface area contributed by atoms with Crippen LogP contribution >= 0.6 is 31.9 Å². The van der Waals surface area contributed by atoms with Crippen LogP contribution in [0.2, 0.25) is 0 Å². The Morgan fingerprint density at radius 2 is 1.47 bits per heavy atom. The van der Waals surface area contributed by atoms with Crippen LogP contribution in [-0.4, -0.2) is 0 Å². The molecule has 0 aromatic heterocycles. The van der Waals surface area contributed by atoms with Crippen LogP contribution in [0.4, 0.5) is 0 Å². The van der Waals surface area contributed by atoms with Crippen molar-refractivity contribution in [3.63, 3.8) is 0 Å². The van der Waals surface area contributed by atoms with Gasteiger partial charge in [0.25, 0.3) is 0 Å². The Bertz CT molecular complexity index is 600. The minimum absolute atomic E-state index is 0.118. The van der Waals surface area contributed by atoms with E-state index >= 15 is 0 Å². The summed E-state index contributed by atoms with van der Waals surface area (Å²) in [4.78, 5) is 0. The van der Waals surface area contributed by atoms with E-state index in [4.69, 9.17) is 5.73 Å². The predicted molar refractivity (Wildman–Crippen MR) is 88.5 cm³/mol. The maximum absolute atomic E-state index is 6.49. The van der Waals surface area contributed by atoms with Crippen molar-refractivity contribution in [1.82, 2.24) is 0 Å². The fraction of sp³-hybridized carbons (Fsp3) is 0.250. The summed E-state index contributed by atoms with van der Waals surface area (Å²) in [6.07, 6.45) is 0. The van der Waals surface area contributed by atoms with Crippen molar-refractivity contribution in [2.75, 3.05) is 0 Å². The number of aryl methyl sites for hydroxylation is 3. The first-order valence-corrected chi connectivity index (χ1v) is 7.77. The highest BCUT2D eigenvalue weighted by Gasteiger charge is 2.17. The summed E-state index contributed by atoms with van der Waals surface area (Å²) >= 11 is 7.21. The van der Waals surface area contributed by atoms with Crippen LogP contribution in [0.1, 0.15) is 33.9 Å². The summed E-state index contributed by atoms with van der Waals surface area (Å²) in [5.41, 5.74) is 12.5. The number of benzene rings is 2. The second kappa shape index (κ2) is 5.78. The molecule has 0 aliphatic carbocycles. The second-order valence-electron chi connectivity index (χ2n) is 4.91. The third-order valence-electron chi connectivity index (χ3n) is 3.47. The van der Waals surface area contributed by atoms with Gasteiger partial charge >= 0.3 is 0 Å². The van der Waals surface area contributed by atoms with Crippen molar-refractivity contribution in [2.24, 2.45) is 5.73 Å². The average molecular weight is 383 g/mol. The van der Waals surface area contributed by atoms with E-state index in [1.807, 2.05) is 0 Å². The minimum Gasteiger partial charge on any atom is -0.320 e. The molecule has 2 N–H and O–H groups in total. The molecule has 0 spiro atoms. The molecular formula is C16H17Br2N. The van der Waals surface area contributed by atoms with Crippen LogP contribution in [0.15, 0.2) is 39.3 Å². The first-order chi connectivity index (χ1) is 8.91. The average Bonchev–Trinajstić information content (AvgIpc) is 2.33. The van der Waals surface area contributed by atoms with Gasteiger partial charge in [-0.3, -0.25) is 0 Å². The SMILES string of the molecule is Cc1cc(Br)c(C(N)c2c(C)cccc2C)cc1Br. The maximum atomic E-state index is 6.49. The Morgan fingerprint density at radius 3 is 2.05 bits per heavy atom. The topological polar surface area (TPSA) is 26.0 Å². The van der Waals surface area contributed by atoms with E-state index in [1.165, 1.54) is 22.3 Å². The van der Waals surface area contributed by atoms with Gasteiger partial charge in [-0.25, -0.2) is 0 Å². The zero-order valence-electron chi connectivity index (χ0n) is 11.3. The molecule has 100 valence electrons. The molecule has 0 saturated carbocycles. The monoisotopic (exact) mass is 381 g/mol. The van der Waals surface area contributed by atoms with Gasteiger partial charge in [0.1, 0.15) is 0 Å². The van der Waals surface area contributed by atoms with E-state index in [2.05, 4.69) is 83.0 Å².